The first-order valence-corrected chi connectivity index (χ1v) is 7.38. The van der Waals surface area contributed by atoms with E-state index in [1.54, 1.807) is 12.1 Å². The Labute approximate surface area is 134 Å². The van der Waals surface area contributed by atoms with Crippen molar-refractivity contribution in [2.75, 3.05) is 6.61 Å². The average molecular weight is 308 g/mol. The number of hydrogen-bond acceptors (Lipinski definition) is 5. The molecule has 1 aliphatic heterocycles. The Kier molecular flexibility index (Phi) is 3.98. The van der Waals surface area contributed by atoms with Crippen LogP contribution in [0.25, 0.3) is 0 Å². The van der Waals surface area contributed by atoms with Crippen molar-refractivity contribution in [3.05, 3.63) is 52.3 Å². The van der Waals surface area contributed by atoms with Gasteiger partial charge in [0, 0.05) is 17.8 Å². The molecule has 5 heteroatoms. The zero-order valence-corrected chi connectivity index (χ0v) is 13.0. The number of nitrogens with zero attached hydrogens (tertiary/aromatic N) is 2. The molecule has 0 saturated carbocycles. The van der Waals surface area contributed by atoms with Crippen LogP contribution in [0.15, 0.2) is 24.3 Å². The standard InChI is InChI=1S/C18H16N2O3/c1-11-7-13(8-12(2)20-11)10-23-17-4-3-14-16(21)5-6-22-18(14)15(17)9-19/h3-4,7-8H,5-6,10H2,1-2H3. The summed E-state index contributed by atoms with van der Waals surface area (Å²) < 4.78 is 11.3. The summed E-state index contributed by atoms with van der Waals surface area (Å²) in [4.78, 5) is 16.2. The Morgan fingerprint density at radius 2 is 2.04 bits per heavy atom. The number of rotatable bonds is 3. The maximum atomic E-state index is 11.9. The third kappa shape index (κ3) is 3.02. The molecule has 0 saturated heterocycles. The van der Waals surface area contributed by atoms with Crippen LogP contribution >= 0.6 is 0 Å². The molecule has 0 atom stereocenters. The lowest BCUT2D eigenvalue weighted by Crippen LogP contribution is -2.16. The van der Waals surface area contributed by atoms with Crippen LogP contribution in [-0.2, 0) is 6.61 Å². The number of fused-ring (bicyclic) bond motifs is 1. The van der Waals surface area contributed by atoms with Gasteiger partial charge in [0.2, 0.25) is 0 Å². The van der Waals surface area contributed by atoms with Gasteiger partial charge in [-0.05, 0) is 43.7 Å². The number of nitriles is 1. The molecule has 0 radical (unpaired) electrons. The molecule has 0 amide bonds. The second-order valence-electron chi connectivity index (χ2n) is 5.50. The van der Waals surface area contributed by atoms with Crippen molar-refractivity contribution in [2.24, 2.45) is 0 Å². The molecule has 0 fully saturated rings. The molecule has 0 spiro atoms. The number of aryl methyl sites for hydroxylation is 2. The topological polar surface area (TPSA) is 72.2 Å². The van der Waals surface area contributed by atoms with Gasteiger partial charge in [0.25, 0.3) is 0 Å². The molecule has 23 heavy (non-hydrogen) atoms. The lowest BCUT2D eigenvalue weighted by molar-refractivity contribution is 0.0933. The van der Waals surface area contributed by atoms with Crippen LogP contribution < -0.4 is 9.47 Å². The highest BCUT2D eigenvalue weighted by atomic mass is 16.5. The number of aromatic nitrogens is 1. The smallest absolute Gasteiger partial charge is 0.170 e. The lowest BCUT2D eigenvalue weighted by atomic mass is 10.0. The van der Waals surface area contributed by atoms with Crippen LogP contribution in [0.5, 0.6) is 11.5 Å². The fourth-order valence-corrected chi connectivity index (χ4v) is 2.71. The third-order valence-electron chi connectivity index (χ3n) is 3.64. The summed E-state index contributed by atoms with van der Waals surface area (Å²) in [6.07, 6.45) is 0.341. The van der Waals surface area contributed by atoms with Gasteiger partial charge in [0.05, 0.1) is 12.2 Å². The Morgan fingerprint density at radius 1 is 1.30 bits per heavy atom. The van der Waals surface area contributed by atoms with Crippen molar-refractivity contribution in [2.45, 2.75) is 26.9 Å². The quantitative estimate of drug-likeness (QED) is 0.871. The number of ketones is 1. The predicted octanol–water partition coefficient (Wildman–Crippen LogP) is 3.11. The van der Waals surface area contributed by atoms with Gasteiger partial charge in [0.15, 0.2) is 11.5 Å². The second kappa shape index (κ2) is 6.09. The predicted molar refractivity (Wildman–Crippen MR) is 83.6 cm³/mol. The van der Waals surface area contributed by atoms with Gasteiger partial charge in [-0.1, -0.05) is 0 Å². The summed E-state index contributed by atoms with van der Waals surface area (Å²) in [5.41, 5.74) is 3.55. The first kappa shape index (κ1) is 15.0. The number of Topliss-reactive ketones (excluding diaryl/α,β-unsaturated/α-hetero) is 1. The first-order chi connectivity index (χ1) is 11.1. The summed E-state index contributed by atoms with van der Waals surface area (Å²) >= 11 is 0. The van der Waals surface area contributed by atoms with E-state index in [1.807, 2.05) is 26.0 Å². The molecule has 0 aliphatic carbocycles. The second-order valence-corrected chi connectivity index (χ2v) is 5.50. The highest BCUT2D eigenvalue weighted by molar-refractivity contribution is 6.00. The zero-order chi connectivity index (χ0) is 16.4. The van der Waals surface area contributed by atoms with Crippen LogP contribution in [0, 0.1) is 25.2 Å². The molecule has 0 unspecified atom stereocenters. The Morgan fingerprint density at radius 3 is 2.74 bits per heavy atom. The van der Waals surface area contributed by atoms with Gasteiger partial charge in [-0.15, -0.1) is 0 Å². The van der Waals surface area contributed by atoms with E-state index >= 15 is 0 Å². The van der Waals surface area contributed by atoms with E-state index in [-0.39, 0.29) is 11.3 Å². The van der Waals surface area contributed by atoms with Gasteiger partial charge in [0.1, 0.15) is 24.0 Å². The molecule has 2 heterocycles. The van der Waals surface area contributed by atoms with E-state index in [1.165, 1.54) is 0 Å². The molecule has 0 N–H and O–H groups in total. The largest absolute Gasteiger partial charge is 0.491 e. The van der Waals surface area contributed by atoms with Crippen molar-refractivity contribution in [1.82, 2.24) is 4.98 Å². The van der Waals surface area contributed by atoms with E-state index in [0.717, 1.165) is 17.0 Å². The minimum atomic E-state index is -0.00492. The van der Waals surface area contributed by atoms with Crippen LogP contribution in [0.2, 0.25) is 0 Å². The molecule has 1 aromatic heterocycles. The summed E-state index contributed by atoms with van der Waals surface area (Å²) in [5.74, 6) is 0.756. The fourth-order valence-electron chi connectivity index (χ4n) is 2.71. The number of hydrogen-bond donors (Lipinski definition) is 0. The number of pyridine rings is 1. The summed E-state index contributed by atoms with van der Waals surface area (Å²) in [5, 5.41) is 9.41. The minimum Gasteiger partial charge on any atom is -0.491 e. The van der Waals surface area contributed by atoms with Crippen molar-refractivity contribution < 1.29 is 14.3 Å². The Hall–Kier alpha value is -2.87. The van der Waals surface area contributed by atoms with Crippen LogP contribution in [0.1, 0.15) is 39.3 Å². The molecule has 2 aromatic rings. The maximum absolute atomic E-state index is 11.9. The molecule has 5 nitrogen and oxygen atoms in total. The van der Waals surface area contributed by atoms with Crippen molar-refractivity contribution in [3.63, 3.8) is 0 Å². The highest BCUT2D eigenvalue weighted by Crippen LogP contribution is 2.35. The number of carbonyl (C=O) groups is 1. The van der Waals surface area contributed by atoms with Crippen molar-refractivity contribution in [3.8, 4) is 17.6 Å². The van der Waals surface area contributed by atoms with E-state index in [0.29, 0.717) is 36.7 Å². The van der Waals surface area contributed by atoms with Gasteiger partial charge in [-0.2, -0.15) is 5.26 Å². The van der Waals surface area contributed by atoms with Crippen LogP contribution in [-0.4, -0.2) is 17.4 Å². The number of benzene rings is 1. The Bertz CT molecular complexity index is 801. The minimum absolute atomic E-state index is 0.00492. The van der Waals surface area contributed by atoms with Gasteiger partial charge in [-0.25, -0.2) is 0 Å². The van der Waals surface area contributed by atoms with E-state index < -0.39 is 0 Å². The fraction of sp³-hybridized carbons (Fsp3) is 0.278. The third-order valence-corrected chi connectivity index (χ3v) is 3.64. The highest BCUT2D eigenvalue weighted by Gasteiger charge is 2.24. The summed E-state index contributed by atoms with van der Waals surface area (Å²) in [6, 6.07) is 9.29. The average Bonchev–Trinajstić information content (AvgIpc) is 2.51. The molecular weight excluding hydrogens is 292 g/mol. The molecule has 116 valence electrons. The Balaban J connectivity index is 1.89. The first-order valence-electron chi connectivity index (χ1n) is 7.38. The lowest BCUT2D eigenvalue weighted by Gasteiger charge is -2.19. The molecule has 3 rings (SSSR count). The van der Waals surface area contributed by atoms with Gasteiger partial charge < -0.3 is 9.47 Å². The maximum Gasteiger partial charge on any atom is 0.170 e. The molecule has 1 aliphatic rings. The zero-order valence-electron chi connectivity index (χ0n) is 13.0. The summed E-state index contributed by atoms with van der Waals surface area (Å²) in [6.45, 7) is 4.48. The molecule has 1 aromatic carbocycles. The van der Waals surface area contributed by atoms with Gasteiger partial charge in [-0.3, -0.25) is 9.78 Å². The monoisotopic (exact) mass is 308 g/mol. The number of carbonyl (C=O) groups excluding carboxylic acids is 1. The molecular formula is C18H16N2O3. The van der Waals surface area contributed by atoms with Crippen LogP contribution in [0.4, 0.5) is 0 Å². The normalized spacial score (nSPS) is 13.0. The van der Waals surface area contributed by atoms with Crippen molar-refractivity contribution >= 4 is 5.78 Å². The van der Waals surface area contributed by atoms with Crippen LogP contribution in [0.3, 0.4) is 0 Å². The van der Waals surface area contributed by atoms with E-state index in [2.05, 4.69) is 11.1 Å². The van der Waals surface area contributed by atoms with E-state index in [4.69, 9.17) is 9.47 Å². The number of ether oxygens (including phenoxy) is 2. The summed E-state index contributed by atoms with van der Waals surface area (Å²) in [7, 11) is 0. The molecule has 0 bridgehead atoms. The SMILES string of the molecule is Cc1cc(COc2ccc3c(c2C#N)OCCC3=O)cc(C)n1. The van der Waals surface area contributed by atoms with Crippen molar-refractivity contribution in [1.29, 1.82) is 5.26 Å². The van der Waals surface area contributed by atoms with E-state index in [9.17, 15) is 10.1 Å². The van der Waals surface area contributed by atoms with Gasteiger partial charge >= 0.3 is 0 Å².